The molecule has 0 saturated carbocycles. The van der Waals surface area contributed by atoms with E-state index in [0.29, 0.717) is 51.6 Å². The monoisotopic (exact) mass is 708 g/mol. The second-order valence-corrected chi connectivity index (χ2v) is 15.1. The maximum absolute atomic E-state index is 11.9. The largest absolute Gasteiger partial charge is 2.00 e. The maximum atomic E-state index is 11.9. The number of nitrogens with zero attached hydrogens (tertiary/aromatic N) is 2. The Bertz CT molecular complexity index is 844. The van der Waals surface area contributed by atoms with Crippen LogP contribution in [0.5, 0.6) is 0 Å². The van der Waals surface area contributed by atoms with E-state index in [1.165, 1.54) is 77.0 Å². The van der Waals surface area contributed by atoms with Gasteiger partial charge in [0.15, 0.2) is 0 Å². The Morgan fingerprint density at radius 3 is 1.00 bits per heavy atom. The molecule has 0 fully saturated rings. The molecule has 10 nitrogen and oxygen atoms in total. The predicted molar refractivity (Wildman–Crippen MR) is 183 cm³/mol. The molecule has 0 aliphatic heterocycles. The molecule has 0 aromatic carbocycles. The molecule has 0 heterocycles. The normalized spacial score (nSPS) is 11.3. The first-order valence-corrected chi connectivity index (χ1v) is 20.2. The van der Waals surface area contributed by atoms with Crippen molar-refractivity contribution in [1.29, 1.82) is 0 Å². The van der Waals surface area contributed by atoms with Crippen molar-refractivity contribution in [2.24, 2.45) is 0 Å². The van der Waals surface area contributed by atoms with Crippen LogP contribution in [0, 0.1) is 0 Å². The van der Waals surface area contributed by atoms with E-state index < -0.39 is 20.2 Å². The van der Waals surface area contributed by atoms with Gasteiger partial charge in [0.1, 0.15) is 0 Å². The van der Waals surface area contributed by atoms with Crippen LogP contribution in [0.1, 0.15) is 155 Å². The van der Waals surface area contributed by atoms with Gasteiger partial charge >= 0.3 is 37.7 Å². The van der Waals surface area contributed by atoms with E-state index in [2.05, 4.69) is 13.8 Å². The Hall–Kier alpha value is 0.0197. The number of amides is 2. The van der Waals surface area contributed by atoms with Gasteiger partial charge in [0, 0.05) is 51.5 Å². The molecular formula is C32H64CaN2O8S2. The van der Waals surface area contributed by atoms with Gasteiger partial charge in [0.25, 0.3) is 0 Å². The minimum Gasteiger partial charge on any atom is -0.748 e. The molecule has 45 heavy (non-hydrogen) atoms. The third kappa shape index (κ3) is 40.1. The molecule has 2 amide bonds. The van der Waals surface area contributed by atoms with Crippen LogP contribution in [0.4, 0.5) is 0 Å². The fourth-order valence-electron chi connectivity index (χ4n) is 4.71. The van der Waals surface area contributed by atoms with E-state index in [9.17, 15) is 35.5 Å². The maximum Gasteiger partial charge on any atom is 2.00 e. The third-order valence-electron chi connectivity index (χ3n) is 7.62. The summed E-state index contributed by atoms with van der Waals surface area (Å²) in [5, 5.41) is 0. The Morgan fingerprint density at radius 1 is 0.467 bits per heavy atom. The van der Waals surface area contributed by atoms with Crippen molar-refractivity contribution in [2.75, 3.05) is 38.7 Å². The number of carbonyl (C=O) groups excluding carboxylic acids is 2. The zero-order valence-electron chi connectivity index (χ0n) is 29.1. The van der Waals surface area contributed by atoms with E-state index in [1.54, 1.807) is 23.9 Å². The molecular weight excluding hydrogens is 645 g/mol. The van der Waals surface area contributed by atoms with Crippen molar-refractivity contribution in [3.63, 3.8) is 0 Å². The average molecular weight is 709 g/mol. The molecule has 0 radical (unpaired) electrons. The van der Waals surface area contributed by atoms with Gasteiger partial charge in [-0.2, -0.15) is 0 Å². The molecule has 0 spiro atoms. The molecule has 0 aromatic rings. The van der Waals surface area contributed by atoms with Gasteiger partial charge in [-0.3, -0.25) is 9.59 Å². The van der Waals surface area contributed by atoms with Gasteiger partial charge in [-0.05, 0) is 38.5 Å². The molecule has 0 aliphatic carbocycles. The summed E-state index contributed by atoms with van der Waals surface area (Å²) < 4.78 is 62.8. The quantitative estimate of drug-likeness (QED) is 0.0527. The van der Waals surface area contributed by atoms with Crippen molar-refractivity contribution in [3.8, 4) is 0 Å². The second kappa shape index (κ2) is 32.6. The summed E-state index contributed by atoms with van der Waals surface area (Å²) in [5.41, 5.74) is 0. The third-order valence-corrected chi connectivity index (χ3v) is 9.19. The first kappa shape index (κ1) is 49.4. The van der Waals surface area contributed by atoms with Crippen molar-refractivity contribution in [1.82, 2.24) is 9.80 Å². The minimum absolute atomic E-state index is 0. The van der Waals surface area contributed by atoms with Gasteiger partial charge in [0.2, 0.25) is 11.8 Å². The number of carbonyl (C=O) groups is 2. The van der Waals surface area contributed by atoms with Crippen molar-refractivity contribution in [2.45, 2.75) is 155 Å². The van der Waals surface area contributed by atoms with E-state index >= 15 is 0 Å². The van der Waals surface area contributed by atoms with Crippen LogP contribution in [-0.2, 0) is 29.8 Å². The summed E-state index contributed by atoms with van der Waals surface area (Å²) in [6, 6.07) is 0. The Labute approximate surface area is 306 Å². The van der Waals surface area contributed by atoms with Gasteiger partial charge in [-0.1, -0.05) is 104 Å². The predicted octanol–water partition coefficient (Wildman–Crippen LogP) is 6.22. The molecule has 0 bridgehead atoms. The van der Waals surface area contributed by atoms with E-state index in [0.717, 1.165) is 25.7 Å². The summed E-state index contributed by atoms with van der Waals surface area (Å²) >= 11 is 0. The zero-order valence-corrected chi connectivity index (χ0v) is 32.9. The molecule has 0 atom stereocenters. The van der Waals surface area contributed by atoms with E-state index in [1.807, 2.05) is 0 Å². The van der Waals surface area contributed by atoms with Crippen LogP contribution in [0.25, 0.3) is 0 Å². The molecule has 0 aliphatic rings. The van der Waals surface area contributed by atoms with Crippen LogP contribution in [0.3, 0.4) is 0 Å². The van der Waals surface area contributed by atoms with E-state index in [4.69, 9.17) is 0 Å². The number of hydrogen-bond acceptors (Lipinski definition) is 8. The smallest absolute Gasteiger partial charge is 0.748 e. The molecule has 0 unspecified atom stereocenters. The minimum atomic E-state index is -4.12. The van der Waals surface area contributed by atoms with Crippen LogP contribution >= 0.6 is 0 Å². The molecule has 0 N–H and O–H groups in total. The Kier molecular flexibility index (Phi) is 35.8. The van der Waals surface area contributed by atoms with Crippen LogP contribution in [0.2, 0.25) is 0 Å². The number of rotatable bonds is 28. The van der Waals surface area contributed by atoms with Gasteiger partial charge in [0.05, 0.1) is 20.2 Å². The average Bonchev–Trinajstić information content (AvgIpc) is 2.95. The van der Waals surface area contributed by atoms with Gasteiger partial charge in [-0.25, -0.2) is 16.8 Å². The van der Waals surface area contributed by atoms with Crippen molar-refractivity contribution >= 4 is 69.8 Å². The summed E-state index contributed by atoms with van der Waals surface area (Å²) in [5.74, 6) is -0.466. The summed E-state index contributed by atoms with van der Waals surface area (Å²) in [6.07, 6.45) is 22.2. The number of unbranched alkanes of at least 4 members (excludes halogenated alkanes) is 16. The summed E-state index contributed by atoms with van der Waals surface area (Å²) in [4.78, 5) is 27.0. The molecule has 264 valence electrons. The first-order valence-electron chi connectivity index (χ1n) is 17.1. The number of hydrogen-bond donors (Lipinski definition) is 0. The van der Waals surface area contributed by atoms with Gasteiger partial charge in [-0.15, -0.1) is 0 Å². The summed E-state index contributed by atoms with van der Waals surface area (Å²) in [6.45, 7) is 5.46. The fraction of sp³-hybridized carbons (Fsp3) is 0.938. The summed E-state index contributed by atoms with van der Waals surface area (Å²) in [7, 11) is -4.78. The SMILES string of the molecule is CCCCCCCCCCC(=O)N(C)CCCCS(=O)(=O)[O-].CCCCCCCCCCC(=O)N(C)CCCCS(=O)(=O)[O-].[Ca+2]. The van der Waals surface area contributed by atoms with Crippen LogP contribution < -0.4 is 0 Å². The second-order valence-electron chi connectivity index (χ2n) is 12.0. The Balaban J connectivity index is -0.000000767. The molecule has 0 rings (SSSR count). The molecule has 0 aromatic heterocycles. The standard InChI is InChI=1S/2C16H33NO4S.Ca/c2*1-3-4-5-6-7-8-9-10-13-16(18)17(2)14-11-12-15-22(19,20)21;/h2*3-15H2,1-2H3,(H,19,20,21);/q;;+2/p-2. The molecule has 0 saturated heterocycles. The van der Waals surface area contributed by atoms with Crippen molar-refractivity contribution < 1.29 is 35.5 Å². The van der Waals surface area contributed by atoms with E-state index in [-0.39, 0.29) is 61.1 Å². The zero-order chi connectivity index (χ0) is 33.7. The van der Waals surface area contributed by atoms with Gasteiger partial charge < -0.3 is 18.9 Å². The fourth-order valence-corrected chi connectivity index (χ4v) is 5.82. The van der Waals surface area contributed by atoms with Crippen molar-refractivity contribution in [3.05, 3.63) is 0 Å². The Morgan fingerprint density at radius 2 is 0.733 bits per heavy atom. The van der Waals surface area contributed by atoms with Crippen LogP contribution in [0.15, 0.2) is 0 Å². The molecule has 13 heteroatoms. The topological polar surface area (TPSA) is 155 Å². The first-order chi connectivity index (χ1) is 20.7. The van der Waals surface area contributed by atoms with Crippen LogP contribution in [-0.4, -0.2) is 124 Å².